The summed E-state index contributed by atoms with van der Waals surface area (Å²) in [5, 5.41) is 3.90. The molecule has 9 heteroatoms. The normalized spacial score (nSPS) is 12.5. The van der Waals surface area contributed by atoms with E-state index in [2.05, 4.69) is 15.0 Å². The highest BCUT2D eigenvalue weighted by molar-refractivity contribution is 7.89. The molecule has 7 nitrogen and oxygen atoms in total. The van der Waals surface area contributed by atoms with Crippen LogP contribution in [0.1, 0.15) is 19.5 Å². The van der Waals surface area contributed by atoms with Gasteiger partial charge in [0.2, 0.25) is 10.0 Å². The summed E-state index contributed by atoms with van der Waals surface area (Å²) in [7, 11) is 0.700. The third kappa shape index (κ3) is 6.80. The van der Waals surface area contributed by atoms with E-state index in [0.29, 0.717) is 18.1 Å². The van der Waals surface area contributed by atoms with Crippen molar-refractivity contribution in [3.8, 4) is 0 Å². The van der Waals surface area contributed by atoms with E-state index < -0.39 is 10.0 Å². The van der Waals surface area contributed by atoms with E-state index >= 15 is 0 Å². The van der Waals surface area contributed by atoms with Crippen LogP contribution in [0.5, 0.6) is 0 Å². The zero-order valence-corrected chi connectivity index (χ0v) is 15.7. The van der Waals surface area contributed by atoms with Gasteiger partial charge in [0, 0.05) is 39.1 Å². The van der Waals surface area contributed by atoms with Crippen LogP contribution in [0, 0.1) is 0 Å². The highest BCUT2D eigenvalue weighted by Crippen LogP contribution is 2.14. The molecule has 0 spiro atoms. The number of guanidine groups is 1. The van der Waals surface area contributed by atoms with Gasteiger partial charge in [-0.25, -0.2) is 13.1 Å². The molecule has 0 bridgehead atoms. The van der Waals surface area contributed by atoms with Crippen molar-refractivity contribution in [3.63, 3.8) is 0 Å². The van der Waals surface area contributed by atoms with Crippen LogP contribution in [0.4, 0.5) is 0 Å². The summed E-state index contributed by atoms with van der Waals surface area (Å²) in [6.07, 6.45) is 1.86. The van der Waals surface area contributed by atoms with Gasteiger partial charge in [0.25, 0.3) is 0 Å². The van der Waals surface area contributed by atoms with Crippen molar-refractivity contribution in [1.82, 2.24) is 19.5 Å². The molecule has 1 rings (SSSR count). The van der Waals surface area contributed by atoms with E-state index in [1.54, 1.807) is 6.92 Å². The summed E-state index contributed by atoms with van der Waals surface area (Å²) in [6.45, 7) is 5.64. The van der Waals surface area contributed by atoms with Crippen molar-refractivity contribution in [3.05, 3.63) is 23.0 Å². The Bertz CT molecular complexity index is 627. The van der Waals surface area contributed by atoms with Gasteiger partial charge in [-0.2, -0.15) is 0 Å². The molecule has 0 saturated carbocycles. The Morgan fingerprint density at radius 3 is 2.65 bits per heavy atom. The minimum Gasteiger partial charge on any atom is -0.357 e. The Kier molecular flexibility index (Phi) is 7.87. The maximum absolute atomic E-state index is 11.4. The van der Waals surface area contributed by atoms with Crippen molar-refractivity contribution >= 4 is 27.6 Å². The third-order valence-corrected chi connectivity index (χ3v) is 4.86. The summed E-state index contributed by atoms with van der Waals surface area (Å²) in [5.41, 5.74) is 1.06. The Hall–Kier alpha value is -1.25. The fourth-order valence-electron chi connectivity index (χ4n) is 1.98. The molecule has 0 aromatic carbocycles. The number of sulfonamides is 1. The molecule has 1 heterocycles. The van der Waals surface area contributed by atoms with Gasteiger partial charge in [0.05, 0.1) is 23.9 Å². The van der Waals surface area contributed by atoms with Crippen LogP contribution < -0.4 is 10.0 Å². The maximum Gasteiger partial charge on any atom is 0.211 e. The van der Waals surface area contributed by atoms with Crippen LogP contribution in [0.2, 0.25) is 5.02 Å². The lowest BCUT2D eigenvalue weighted by atomic mass is 10.4. The van der Waals surface area contributed by atoms with Crippen LogP contribution in [-0.4, -0.2) is 56.3 Å². The molecule has 23 heavy (non-hydrogen) atoms. The van der Waals surface area contributed by atoms with Crippen LogP contribution in [0.15, 0.2) is 17.3 Å². The molecule has 2 N–H and O–H groups in total. The molecule has 0 aliphatic carbocycles. The Morgan fingerprint density at radius 1 is 1.43 bits per heavy atom. The first-order valence-electron chi connectivity index (χ1n) is 7.56. The van der Waals surface area contributed by atoms with E-state index in [9.17, 15) is 8.42 Å². The molecule has 1 aromatic heterocycles. The first-order chi connectivity index (χ1) is 10.8. The third-order valence-electron chi connectivity index (χ3n) is 3.25. The topological polar surface area (TPSA) is 78.7 Å². The monoisotopic (exact) mass is 363 g/mol. The van der Waals surface area contributed by atoms with Gasteiger partial charge in [-0.3, -0.25) is 4.99 Å². The van der Waals surface area contributed by atoms with Gasteiger partial charge in [-0.1, -0.05) is 11.6 Å². The van der Waals surface area contributed by atoms with Crippen LogP contribution in [0.25, 0.3) is 0 Å². The second kappa shape index (κ2) is 9.14. The van der Waals surface area contributed by atoms with Crippen molar-refractivity contribution in [2.24, 2.45) is 12.0 Å². The number of aromatic nitrogens is 1. The van der Waals surface area contributed by atoms with Gasteiger partial charge in [-0.05, 0) is 19.9 Å². The molecular weight excluding hydrogens is 338 g/mol. The first kappa shape index (κ1) is 19.8. The smallest absolute Gasteiger partial charge is 0.211 e. The highest BCUT2D eigenvalue weighted by atomic mass is 35.5. The summed E-state index contributed by atoms with van der Waals surface area (Å²) >= 11 is 6.00. The van der Waals surface area contributed by atoms with Crippen molar-refractivity contribution < 1.29 is 8.42 Å². The Labute approximate surface area is 143 Å². The lowest BCUT2D eigenvalue weighted by Crippen LogP contribution is -2.39. The van der Waals surface area contributed by atoms with Crippen molar-refractivity contribution in [2.75, 3.05) is 32.4 Å². The van der Waals surface area contributed by atoms with Gasteiger partial charge in [0.15, 0.2) is 5.96 Å². The summed E-state index contributed by atoms with van der Waals surface area (Å²) in [6, 6.07) is 1.91. The number of nitrogens with one attached hydrogen (secondary N) is 2. The van der Waals surface area contributed by atoms with E-state index in [-0.39, 0.29) is 12.3 Å². The summed E-state index contributed by atoms with van der Waals surface area (Å²) in [5.74, 6) is 0.797. The molecule has 0 fully saturated rings. The fourth-order valence-corrected chi connectivity index (χ4v) is 2.85. The van der Waals surface area contributed by atoms with Gasteiger partial charge in [0.1, 0.15) is 0 Å². The lowest BCUT2D eigenvalue weighted by molar-refractivity contribution is 0.462. The molecule has 0 atom stereocenters. The molecule has 132 valence electrons. The Balaban J connectivity index is 2.65. The zero-order chi connectivity index (χ0) is 17.5. The van der Waals surface area contributed by atoms with Gasteiger partial charge in [-0.15, -0.1) is 0 Å². The number of hydrogen-bond acceptors (Lipinski definition) is 3. The second-order valence-electron chi connectivity index (χ2n) is 5.15. The van der Waals surface area contributed by atoms with E-state index in [0.717, 1.165) is 18.2 Å². The molecule has 1 aromatic rings. The molecule has 0 aliphatic rings. The number of aryl methyl sites for hydroxylation is 1. The number of rotatable bonds is 8. The minimum absolute atomic E-state index is 0.0743. The standard InChI is InChI=1S/C14H26ClN5O2S/c1-5-16-14(17-7-8-18-23(21,22)6-2)20(4)11-13-9-12(15)10-19(13)3/h9-10,18H,5-8,11H2,1-4H3,(H,16,17). The number of hydrogen-bond donors (Lipinski definition) is 2. The predicted octanol–water partition coefficient (Wildman–Crippen LogP) is 1.02. The molecule has 0 saturated heterocycles. The lowest BCUT2D eigenvalue weighted by Gasteiger charge is -2.22. The highest BCUT2D eigenvalue weighted by Gasteiger charge is 2.10. The minimum atomic E-state index is -3.17. The predicted molar refractivity (Wildman–Crippen MR) is 95.3 cm³/mol. The van der Waals surface area contributed by atoms with Crippen molar-refractivity contribution in [2.45, 2.75) is 20.4 Å². The van der Waals surface area contributed by atoms with Crippen LogP contribution in [-0.2, 0) is 23.6 Å². The average Bonchev–Trinajstić information content (AvgIpc) is 2.80. The van der Waals surface area contributed by atoms with Gasteiger partial charge < -0.3 is 14.8 Å². The van der Waals surface area contributed by atoms with Crippen molar-refractivity contribution in [1.29, 1.82) is 0 Å². The van der Waals surface area contributed by atoms with E-state index in [4.69, 9.17) is 11.6 Å². The molecule has 0 amide bonds. The number of aliphatic imine (C=N–C) groups is 1. The van der Waals surface area contributed by atoms with Crippen LogP contribution in [0.3, 0.4) is 0 Å². The summed E-state index contributed by atoms with van der Waals surface area (Å²) < 4.78 is 27.2. The zero-order valence-electron chi connectivity index (χ0n) is 14.1. The fraction of sp³-hybridized carbons (Fsp3) is 0.643. The number of halogens is 1. The number of nitrogens with zero attached hydrogens (tertiary/aromatic N) is 3. The van der Waals surface area contributed by atoms with E-state index in [1.165, 1.54) is 0 Å². The molecule has 0 aliphatic heterocycles. The van der Waals surface area contributed by atoms with Crippen LogP contribution >= 0.6 is 11.6 Å². The quantitative estimate of drug-likeness (QED) is 0.410. The first-order valence-corrected chi connectivity index (χ1v) is 9.59. The molecular formula is C14H26ClN5O2S. The Morgan fingerprint density at radius 2 is 2.13 bits per heavy atom. The largest absolute Gasteiger partial charge is 0.357 e. The summed E-state index contributed by atoms with van der Waals surface area (Å²) in [4.78, 5) is 6.42. The maximum atomic E-state index is 11.4. The average molecular weight is 364 g/mol. The SMILES string of the molecule is CCNC(=NCCNS(=O)(=O)CC)N(C)Cc1cc(Cl)cn1C. The van der Waals surface area contributed by atoms with E-state index in [1.807, 2.05) is 42.7 Å². The second-order valence-corrected chi connectivity index (χ2v) is 7.68. The molecule has 0 radical (unpaired) electrons. The van der Waals surface area contributed by atoms with Gasteiger partial charge >= 0.3 is 0 Å². The molecule has 0 unspecified atom stereocenters.